The molecule has 0 N–H and O–H groups in total. The third-order valence-corrected chi connectivity index (χ3v) is 5.17. The van der Waals surface area contributed by atoms with Crippen LogP contribution in [0.2, 0.25) is 0 Å². The molecule has 0 aliphatic carbocycles. The molecule has 1 aromatic carbocycles. The third-order valence-electron chi connectivity index (χ3n) is 4.10. The highest BCUT2D eigenvalue weighted by Gasteiger charge is 2.18. The fourth-order valence-corrected chi connectivity index (χ4v) is 3.95. The van der Waals surface area contributed by atoms with Crippen molar-refractivity contribution in [2.45, 2.75) is 26.7 Å². The second-order valence-electron chi connectivity index (χ2n) is 5.94. The van der Waals surface area contributed by atoms with Crippen LogP contribution in [0.25, 0.3) is 21.7 Å². The molecule has 2 aromatic heterocycles. The minimum Gasteiger partial charge on any atom is -0.338 e. The summed E-state index contributed by atoms with van der Waals surface area (Å²) in [5.41, 5.74) is 2.09. The molecule has 5 heteroatoms. The SMILES string of the molecule is CCCN(CCC)C(=O)c1ccc(-c2nc3ccccc3n2C)s1. The average Bonchev–Trinajstić information content (AvgIpc) is 3.19. The summed E-state index contributed by atoms with van der Waals surface area (Å²) < 4.78 is 2.09. The number of imidazole rings is 1. The predicted molar refractivity (Wildman–Crippen MR) is 101 cm³/mol. The van der Waals surface area contributed by atoms with Crippen molar-refractivity contribution < 1.29 is 4.79 Å². The second-order valence-corrected chi connectivity index (χ2v) is 7.02. The summed E-state index contributed by atoms with van der Waals surface area (Å²) >= 11 is 1.53. The Bertz CT molecular complexity index is 843. The molecular weight excluding hydrogens is 318 g/mol. The molecule has 0 fully saturated rings. The molecule has 0 atom stereocenters. The summed E-state index contributed by atoms with van der Waals surface area (Å²) in [5.74, 6) is 1.05. The lowest BCUT2D eigenvalue weighted by atomic mass is 10.3. The zero-order valence-electron chi connectivity index (χ0n) is 14.5. The van der Waals surface area contributed by atoms with E-state index < -0.39 is 0 Å². The van der Waals surface area contributed by atoms with E-state index in [2.05, 4.69) is 24.5 Å². The van der Waals surface area contributed by atoms with E-state index in [0.717, 1.165) is 52.5 Å². The monoisotopic (exact) mass is 341 g/mol. The Balaban J connectivity index is 1.92. The first-order valence-corrected chi connectivity index (χ1v) is 9.28. The number of amides is 1. The lowest BCUT2D eigenvalue weighted by molar-refractivity contribution is 0.0760. The lowest BCUT2D eigenvalue weighted by Crippen LogP contribution is -2.31. The Labute approximate surface area is 146 Å². The van der Waals surface area contributed by atoms with Crippen LogP contribution in [-0.4, -0.2) is 33.4 Å². The number of fused-ring (bicyclic) bond motifs is 1. The van der Waals surface area contributed by atoms with Crippen LogP contribution in [0.4, 0.5) is 0 Å². The van der Waals surface area contributed by atoms with Crippen LogP contribution in [0.5, 0.6) is 0 Å². The minimum absolute atomic E-state index is 0.133. The van der Waals surface area contributed by atoms with E-state index in [-0.39, 0.29) is 5.91 Å². The van der Waals surface area contributed by atoms with Crippen molar-refractivity contribution in [3.63, 3.8) is 0 Å². The van der Waals surface area contributed by atoms with Crippen LogP contribution in [0.1, 0.15) is 36.4 Å². The standard InChI is InChI=1S/C19H23N3OS/c1-4-12-22(13-5-2)19(23)17-11-10-16(24-17)18-20-14-8-6-7-9-15(14)21(18)3/h6-11H,4-5,12-13H2,1-3H3. The molecular formula is C19H23N3OS. The number of hydrogen-bond donors (Lipinski definition) is 0. The van der Waals surface area contributed by atoms with E-state index in [1.54, 1.807) is 0 Å². The van der Waals surface area contributed by atoms with Crippen LogP contribution in [0, 0.1) is 0 Å². The molecule has 0 saturated carbocycles. The van der Waals surface area contributed by atoms with Crippen molar-refractivity contribution in [1.29, 1.82) is 0 Å². The first kappa shape index (κ1) is 16.7. The summed E-state index contributed by atoms with van der Waals surface area (Å²) in [5, 5.41) is 0. The van der Waals surface area contributed by atoms with Gasteiger partial charge in [0.2, 0.25) is 0 Å². The first-order valence-electron chi connectivity index (χ1n) is 8.46. The average molecular weight is 341 g/mol. The van der Waals surface area contributed by atoms with E-state index in [1.807, 2.05) is 42.3 Å². The van der Waals surface area contributed by atoms with Gasteiger partial charge in [-0.2, -0.15) is 0 Å². The number of benzene rings is 1. The van der Waals surface area contributed by atoms with Crippen LogP contribution in [0.15, 0.2) is 36.4 Å². The Morgan fingerprint density at radius 1 is 1.12 bits per heavy atom. The molecule has 24 heavy (non-hydrogen) atoms. The molecule has 0 aliphatic rings. The normalized spacial score (nSPS) is 11.1. The highest BCUT2D eigenvalue weighted by atomic mass is 32.1. The van der Waals surface area contributed by atoms with Gasteiger partial charge in [0, 0.05) is 20.1 Å². The van der Waals surface area contributed by atoms with Gasteiger partial charge in [0.05, 0.1) is 20.8 Å². The smallest absolute Gasteiger partial charge is 0.263 e. The van der Waals surface area contributed by atoms with Crippen molar-refractivity contribution in [3.8, 4) is 10.7 Å². The summed E-state index contributed by atoms with van der Waals surface area (Å²) in [6, 6.07) is 12.0. The summed E-state index contributed by atoms with van der Waals surface area (Å²) in [4.78, 5) is 21.2. The number of para-hydroxylation sites is 2. The number of carbonyl (C=O) groups is 1. The highest BCUT2D eigenvalue weighted by molar-refractivity contribution is 7.17. The number of thiophene rings is 1. The molecule has 0 bridgehead atoms. The quantitative estimate of drug-likeness (QED) is 0.659. The molecule has 0 radical (unpaired) electrons. The van der Waals surface area contributed by atoms with Gasteiger partial charge in [0.1, 0.15) is 0 Å². The molecule has 3 rings (SSSR count). The Hall–Kier alpha value is -2.14. The zero-order valence-corrected chi connectivity index (χ0v) is 15.3. The topological polar surface area (TPSA) is 38.1 Å². The summed E-state index contributed by atoms with van der Waals surface area (Å²) in [6.45, 7) is 5.84. The maximum atomic E-state index is 12.7. The number of aryl methyl sites for hydroxylation is 1. The van der Waals surface area contributed by atoms with Gasteiger partial charge in [-0.15, -0.1) is 11.3 Å². The van der Waals surface area contributed by atoms with Gasteiger partial charge in [-0.05, 0) is 37.1 Å². The van der Waals surface area contributed by atoms with E-state index >= 15 is 0 Å². The van der Waals surface area contributed by atoms with E-state index in [4.69, 9.17) is 4.98 Å². The molecule has 1 amide bonds. The van der Waals surface area contributed by atoms with Crippen LogP contribution in [0.3, 0.4) is 0 Å². The Morgan fingerprint density at radius 3 is 2.50 bits per heavy atom. The fraction of sp³-hybridized carbons (Fsp3) is 0.368. The van der Waals surface area contributed by atoms with Gasteiger partial charge < -0.3 is 9.47 Å². The van der Waals surface area contributed by atoms with Crippen molar-refractivity contribution in [3.05, 3.63) is 41.3 Å². The molecule has 0 saturated heterocycles. The van der Waals surface area contributed by atoms with Crippen molar-refractivity contribution in [1.82, 2.24) is 14.5 Å². The molecule has 2 heterocycles. The molecule has 126 valence electrons. The molecule has 0 aliphatic heterocycles. The maximum Gasteiger partial charge on any atom is 0.263 e. The summed E-state index contributed by atoms with van der Waals surface area (Å²) in [7, 11) is 2.02. The van der Waals surface area contributed by atoms with Gasteiger partial charge in [-0.1, -0.05) is 26.0 Å². The van der Waals surface area contributed by atoms with Crippen molar-refractivity contribution in [2.24, 2.45) is 7.05 Å². The van der Waals surface area contributed by atoms with Gasteiger partial charge in [0.25, 0.3) is 5.91 Å². The van der Waals surface area contributed by atoms with Crippen LogP contribution >= 0.6 is 11.3 Å². The maximum absolute atomic E-state index is 12.7. The number of carbonyl (C=O) groups excluding carboxylic acids is 1. The highest BCUT2D eigenvalue weighted by Crippen LogP contribution is 2.30. The van der Waals surface area contributed by atoms with Gasteiger partial charge in [0.15, 0.2) is 5.82 Å². The fourth-order valence-electron chi connectivity index (χ4n) is 2.95. The predicted octanol–water partition coefficient (Wildman–Crippen LogP) is 4.56. The zero-order chi connectivity index (χ0) is 17.1. The lowest BCUT2D eigenvalue weighted by Gasteiger charge is -2.20. The van der Waals surface area contributed by atoms with E-state index in [1.165, 1.54) is 11.3 Å². The molecule has 0 spiro atoms. The van der Waals surface area contributed by atoms with Gasteiger partial charge in [-0.3, -0.25) is 4.79 Å². The van der Waals surface area contributed by atoms with Crippen LogP contribution in [-0.2, 0) is 7.05 Å². The molecule has 0 unspecified atom stereocenters. The van der Waals surface area contributed by atoms with Crippen molar-refractivity contribution in [2.75, 3.05) is 13.1 Å². The minimum atomic E-state index is 0.133. The molecule has 4 nitrogen and oxygen atoms in total. The Morgan fingerprint density at radius 2 is 1.83 bits per heavy atom. The number of aromatic nitrogens is 2. The number of hydrogen-bond acceptors (Lipinski definition) is 3. The van der Waals surface area contributed by atoms with Crippen LogP contribution < -0.4 is 0 Å². The Kier molecular flexibility index (Phi) is 5.00. The third kappa shape index (κ3) is 3.08. The van der Waals surface area contributed by atoms with E-state index in [9.17, 15) is 4.79 Å². The molecule has 3 aromatic rings. The number of nitrogens with zero attached hydrogens (tertiary/aromatic N) is 3. The van der Waals surface area contributed by atoms with E-state index in [0.29, 0.717) is 0 Å². The summed E-state index contributed by atoms with van der Waals surface area (Å²) in [6.07, 6.45) is 1.96. The van der Waals surface area contributed by atoms with Crippen molar-refractivity contribution >= 4 is 28.3 Å². The number of rotatable bonds is 6. The second kappa shape index (κ2) is 7.18. The van der Waals surface area contributed by atoms with Gasteiger partial charge in [-0.25, -0.2) is 4.98 Å². The first-order chi connectivity index (χ1) is 11.7. The largest absolute Gasteiger partial charge is 0.338 e. The van der Waals surface area contributed by atoms with Gasteiger partial charge >= 0.3 is 0 Å².